The van der Waals surface area contributed by atoms with Gasteiger partial charge in [-0.15, -0.1) is 0 Å². The van der Waals surface area contributed by atoms with Crippen molar-refractivity contribution < 1.29 is 5.11 Å². The minimum atomic E-state index is -0.487. The van der Waals surface area contributed by atoms with Crippen LogP contribution in [0, 0.1) is 6.92 Å². The molecule has 0 aliphatic rings. The summed E-state index contributed by atoms with van der Waals surface area (Å²) >= 11 is 0. The van der Waals surface area contributed by atoms with E-state index in [2.05, 4.69) is 5.10 Å². The van der Waals surface area contributed by atoms with Crippen LogP contribution in [0.15, 0.2) is 36.4 Å². The van der Waals surface area contributed by atoms with Crippen LogP contribution in [0.2, 0.25) is 0 Å². The van der Waals surface area contributed by atoms with Gasteiger partial charge in [0, 0.05) is 13.0 Å². The molecule has 0 aliphatic carbocycles. The Labute approximate surface area is 102 Å². The lowest BCUT2D eigenvalue weighted by atomic mass is 10.1. The van der Waals surface area contributed by atoms with Gasteiger partial charge in [-0.25, -0.2) is 0 Å². The zero-order valence-corrected chi connectivity index (χ0v) is 10.3. The van der Waals surface area contributed by atoms with Gasteiger partial charge in [-0.1, -0.05) is 30.3 Å². The molecule has 1 heterocycles. The molecule has 1 aromatic carbocycles. The fraction of sp³-hybridized carbons (Fsp3) is 0.357. The maximum atomic E-state index is 10.2. The summed E-state index contributed by atoms with van der Waals surface area (Å²) in [5.74, 6) is 0. The summed E-state index contributed by atoms with van der Waals surface area (Å²) in [5.41, 5.74) is 2.99. The quantitative estimate of drug-likeness (QED) is 0.876. The smallest absolute Gasteiger partial charge is 0.0996 e. The molecule has 0 bridgehead atoms. The molecule has 0 aliphatic heterocycles. The third kappa shape index (κ3) is 2.74. The van der Waals surface area contributed by atoms with E-state index in [4.69, 9.17) is 0 Å². The molecule has 1 aromatic heterocycles. The molecule has 0 saturated carbocycles. The number of aliphatic hydroxyl groups is 1. The minimum Gasteiger partial charge on any atom is -0.386 e. The van der Waals surface area contributed by atoms with Crippen LogP contribution in [-0.4, -0.2) is 14.9 Å². The Balaban J connectivity index is 2.17. The van der Waals surface area contributed by atoms with Gasteiger partial charge in [0.2, 0.25) is 0 Å². The van der Waals surface area contributed by atoms with E-state index in [1.165, 1.54) is 0 Å². The molecule has 3 heteroatoms. The summed E-state index contributed by atoms with van der Waals surface area (Å²) in [6.45, 7) is 4.77. The molecule has 1 N–H and O–H groups in total. The molecule has 2 aromatic rings. The normalized spacial score (nSPS) is 12.6. The second kappa shape index (κ2) is 5.15. The fourth-order valence-corrected chi connectivity index (χ4v) is 2.03. The van der Waals surface area contributed by atoms with E-state index in [0.717, 1.165) is 23.5 Å². The number of aryl methyl sites for hydroxylation is 2. The lowest BCUT2D eigenvalue weighted by Crippen LogP contribution is -2.10. The Hall–Kier alpha value is -1.61. The Kier molecular flexibility index (Phi) is 3.59. The Morgan fingerprint density at radius 3 is 2.65 bits per heavy atom. The van der Waals surface area contributed by atoms with Crippen molar-refractivity contribution in [2.45, 2.75) is 32.9 Å². The van der Waals surface area contributed by atoms with Crippen LogP contribution in [0.25, 0.3) is 0 Å². The Morgan fingerprint density at radius 2 is 2.00 bits per heavy atom. The number of rotatable bonds is 4. The maximum Gasteiger partial charge on any atom is 0.0996 e. The van der Waals surface area contributed by atoms with Gasteiger partial charge >= 0.3 is 0 Å². The topological polar surface area (TPSA) is 38.0 Å². The lowest BCUT2D eigenvalue weighted by Gasteiger charge is -2.12. The van der Waals surface area contributed by atoms with Crippen molar-refractivity contribution in [2.24, 2.45) is 0 Å². The van der Waals surface area contributed by atoms with Crippen molar-refractivity contribution in [3.63, 3.8) is 0 Å². The van der Waals surface area contributed by atoms with Crippen molar-refractivity contribution in [3.8, 4) is 0 Å². The van der Waals surface area contributed by atoms with Crippen LogP contribution in [0.5, 0.6) is 0 Å². The zero-order chi connectivity index (χ0) is 12.3. The monoisotopic (exact) mass is 230 g/mol. The van der Waals surface area contributed by atoms with Crippen LogP contribution in [-0.2, 0) is 13.0 Å². The molecule has 0 saturated heterocycles. The molecule has 0 radical (unpaired) electrons. The highest BCUT2D eigenvalue weighted by Crippen LogP contribution is 2.19. The average molecular weight is 230 g/mol. The molecule has 2 rings (SSSR count). The van der Waals surface area contributed by atoms with Gasteiger partial charge in [0.05, 0.1) is 17.5 Å². The first-order valence-corrected chi connectivity index (χ1v) is 5.97. The van der Waals surface area contributed by atoms with Crippen LogP contribution in [0.3, 0.4) is 0 Å². The minimum absolute atomic E-state index is 0.487. The number of aliphatic hydroxyl groups excluding tert-OH is 1. The second-order valence-corrected chi connectivity index (χ2v) is 4.23. The molecule has 90 valence electrons. The van der Waals surface area contributed by atoms with Crippen LogP contribution < -0.4 is 0 Å². The molecule has 0 amide bonds. The first-order chi connectivity index (χ1) is 8.20. The van der Waals surface area contributed by atoms with Crippen LogP contribution in [0.1, 0.15) is 30.0 Å². The number of hydrogen-bond acceptors (Lipinski definition) is 2. The van der Waals surface area contributed by atoms with E-state index in [1.54, 1.807) is 0 Å². The number of nitrogens with zero attached hydrogens (tertiary/aromatic N) is 2. The molecule has 0 fully saturated rings. The Bertz CT molecular complexity index is 476. The molecule has 0 spiro atoms. The number of benzene rings is 1. The maximum absolute atomic E-state index is 10.2. The number of aromatic nitrogens is 2. The first kappa shape index (κ1) is 11.9. The highest BCUT2D eigenvalue weighted by Gasteiger charge is 2.14. The number of hydrogen-bond donors (Lipinski definition) is 1. The fourth-order valence-electron chi connectivity index (χ4n) is 2.03. The van der Waals surface area contributed by atoms with Crippen molar-refractivity contribution in [1.82, 2.24) is 9.78 Å². The van der Waals surface area contributed by atoms with E-state index in [9.17, 15) is 5.11 Å². The summed E-state index contributed by atoms with van der Waals surface area (Å²) in [4.78, 5) is 0. The molecular weight excluding hydrogens is 212 g/mol. The molecule has 3 nitrogen and oxygen atoms in total. The van der Waals surface area contributed by atoms with Gasteiger partial charge in [-0.2, -0.15) is 5.10 Å². The third-order valence-corrected chi connectivity index (χ3v) is 2.85. The predicted molar refractivity (Wildman–Crippen MR) is 67.7 cm³/mol. The van der Waals surface area contributed by atoms with Crippen LogP contribution in [0.4, 0.5) is 0 Å². The summed E-state index contributed by atoms with van der Waals surface area (Å²) in [6, 6.07) is 12.0. The summed E-state index contributed by atoms with van der Waals surface area (Å²) in [7, 11) is 0. The summed E-state index contributed by atoms with van der Waals surface area (Å²) in [6.07, 6.45) is 0.143. The van der Waals surface area contributed by atoms with E-state index in [0.29, 0.717) is 6.42 Å². The highest BCUT2D eigenvalue weighted by molar-refractivity contribution is 5.19. The van der Waals surface area contributed by atoms with Crippen LogP contribution >= 0.6 is 0 Å². The van der Waals surface area contributed by atoms with Gasteiger partial charge in [0.25, 0.3) is 0 Å². The van der Waals surface area contributed by atoms with Gasteiger partial charge in [-0.3, -0.25) is 4.68 Å². The van der Waals surface area contributed by atoms with E-state index in [-0.39, 0.29) is 0 Å². The standard InChI is InChI=1S/C14H18N2O/c1-3-16-13(9-11(2)15-16)14(17)10-12-7-5-4-6-8-12/h4-9,14,17H,3,10H2,1-2H3. The highest BCUT2D eigenvalue weighted by atomic mass is 16.3. The molecule has 1 unspecified atom stereocenters. The molecule has 17 heavy (non-hydrogen) atoms. The summed E-state index contributed by atoms with van der Waals surface area (Å²) < 4.78 is 1.86. The Morgan fingerprint density at radius 1 is 1.29 bits per heavy atom. The third-order valence-electron chi connectivity index (χ3n) is 2.85. The van der Waals surface area contributed by atoms with Crippen molar-refractivity contribution >= 4 is 0 Å². The van der Waals surface area contributed by atoms with Gasteiger partial charge in [-0.05, 0) is 25.5 Å². The van der Waals surface area contributed by atoms with Gasteiger partial charge in [0.15, 0.2) is 0 Å². The van der Waals surface area contributed by atoms with Crippen molar-refractivity contribution in [1.29, 1.82) is 0 Å². The molecular formula is C14H18N2O. The van der Waals surface area contributed by atoms with E-state index >= 15 is 0 Å². The largest absolute Gasteiger partial charge is 0.386 e. The predicted octanol–water partition coefficient (Wildman–Crippen LogP) is 2.49. The van der Waals surface area contributed by atoms with Crippen molar-refractivity contribution in [2.75, 3.05) is 0 Å². The molecule has 1 atom stereocenters. The second-order valence-electron chi connectivity index (χ2n) is 4.23. The first-order valence-electron chi connectivity index (χ1n) is 5.97. The van der Waals surface area contributed by atoms with Crippen molar-refractivity contribution in [3.05, 3.63) is 53.3 Å². The average Bonchev–Trinajstić information content (AvgIpc) is 2.72. The van der Waals surface area contributed by atoms with E-state index in [1.807, 2.05) is 54.9 Å². The van der Waals surface area contributed by atoms with E-state index < -0.39 is 6.10 Å². The summed E-state index contributed by atoms with van der Waals surface area (Å²) in [5, 5.41) is 14.6. The SMILES string of the molecule is CCn1nc(C)cc1C(O)Cc1ccccc1. The zero-order valence-electron chi connectivity index (χ0n) is 10.3. The lowest BCUT2D eigenvalue weighted by molar-refractivity contribution is 0.167. The van der Waals surface area contributed by atoms with Gasteiger partial charge in [0.1, 0.15) is 0 Å². The van der Waals surface area contributed by atoms with Gasteiger partial charge < -0.3 is 5.11 Å².